The van der Waals surface area contributed by atoms with Gasteiger partial charge in [0.2, 0.25) is 5.91 Å². The lowest BCUT2D eigenvalue weighted by Gasteiger charge is -2.31. The summed E-state index contributed by atoms with van der Waals surface area (Å²) < 4.78 is 11.1. The number of esters is 1. The molecule has 0 bridgehead atoms. The number of para-hydroxylation sites is 2. The number of likely N-dealkylation sites (tertiary alicyclic amines) is 1. The van der Waals surface area contributed by atoms with Crippen LogP contribution in [-0.2, 0) is 20.9 Å². The lowest BCUT2D eigenvalue weighted by Crippen LogP contribution is -2.43. The van der Waals surface area contributed by atoms with E-state index in [2.05, 4.69) is 5.32 Å². The number of anilines is 1. The van der Waals surface area contributed by atoms with Crippen molar-refractivity contribution in [2.45, 2.75) is 19.4 Å². The van der Waals surface area contributed by atoms with E-state index >= 15 is 0 Å². The third-order valence-electron chi connectivity index (χ3n) is 5.96. The molecule has 180 valence electrons. The minimum Gasteiger partial charge on any atom is -0.489 e. The van der Waals surface area contributed by atoms with Crippen LogP contribution < -0.4 is 10.1 Å². The average molecular weight is 473 g/mol. The van der Waals surface area contributed by atoms with E-state index in [1.807, 2.05) is 66.7 Å². The number of amides is 2. The van der Waals surface area contributed by atoms with E-state index in [-0.39, 0.29) is 30.9 Å². The number of nitrogens with one attached hydrogen (secondary N) is 1. The molecule has 1 fully saturated rings. The van der Waals surface area contributed by atoms with Gasteiger partial charge in [0.05, 0.1) is 5.56 Å². The highest BCUT2D eigenvalue weighted by Gasteiger charge is 2.28. The van der Waals surface area contributed by atoms with Crippen LogP contribution in [0.1, 0.15) is 28.8 Å². The Kier molecular flexibility index (Phi) is 8.12. The van der Waals surface area contributed by atoms with Crippen LogP contribution in [0.15, 0.2) is 84.9 Å². The molecular weight excluding hydrogens is 444 g/mol. The van der Waals surface area contributed by atoms with Gasteiger partial charge in [-0.2, -0.15) is 0 Å². The normalized spacial score (nSPS) is 13.7. The van der Waals surface area contributed by atoms with Gasteiger partial charge in [0.25, 0.3) is 5.91 Å². The van der Waals surface area contributed by atoms with Crippen LogP contribution in [0, 0.1) is 5.92 Å². The van der Waals surface area contributed by atoms with Gasteiger partial charge >= 0.3 is 5.97 Å². The molecule has 0 aliphatic carbocycles. The topological polar surface area (TPSA) is 84.9 Å². The van der Waals surface area contributed by atoms with Crippen molar-refractivity contribution in [2.24, 2.45) is 5.92 Å². The number of carbonyl (C=O) groups is 3. The van der Waals surface area contributed by atoms with E-state index in [1.165, 1.54) is 0 Å². The molecule has 7 nitrogen and oxygen atoms in total. The highest BCUT2D eigenvalue weighted by molar-refractivity contribution is 5.93. The summed E-state index contributed by atoms with van der Waals surface area (Å²) in [6, 6.07) is 25.7. The van der Waals surface area contributed by atoms with Gasteiger partial charge in [0.1, 0.15) is 12.4 Å². The Balaban J connectivity index is 1.24. The third kappa shape index (κ3) is 6.69. The summed E-state index contributed by atoms with van der Waals surface area (Å²) in [6.45, 7) is 0.769. The minimum atomic E-state index is -0.567. The van der Waals surface area contributed by atoms with Crippen LogP contribution >= 0.6 is 0 Å². The molecule has 1 aliphatic rings. The molecule has 0 atom stereocenters. The van der Waals surface area contributed by atoms with Crippen LogP contribution in [-0.4, -0.2) is 42.4 Å². The largest absolute Gasteiger partial charge is 0.489 e. The fraction of sp³-hybridized carbons (Fsp3) is 0.250. The van der Waals surface area contributed by atoms with Gasteiger partial charge in [-0.3, -0.25) is 9.59 Å². The van der Waals surface area contributed by atoms with Crippen LogP contribution in [0.3, 0.4) is 0 Å². The molecule has 0 radical (unpaired) electrons. The molecule has 0 saturated carbocycles. The molecule has 3 aromatic rings. The molecule has 2 amide bonds. The molecule has 1 saturated heterocycles. The zero-order valence-electron chi connectivity index (χ0n) is 19.4. The first kappa shape index (κ1) is 24.0. The van der Waals surface area contributed by atoms with Crippen molar-refractivity contribution in [3.8, 4) is 5.75 Å². The maximum Gasteiger partial charge on any atom is 0.339 e. The molecule has 1 heterocycles. The monoisotopic (exact) mass is 472 g/mol. The van der Waals surface area contributed by atoms with Crippen molar-refractivity contribution >= 4 is 23.5 Å². The van der Waals surface area contributed by atoms with Gasteiger partial charge in [-0.1, -0.05) is 54.6 Å². The van der Waals surface area contributed by atoms with Gasteiger partial charge in [0.15, 0.2) is 6.61 Å². The second-order valence-corrected chi connectivity index (χ2v) is 8.35. The lowest BCUT2D eigenvalue weighted by atomic mass is 9.95. The number of piperidine rings is 1. The average Bonchev–Trinajstić information content (AvgIpc) is 2.91. The van der Waals surface area contributed by atoms with Crippen LogP contribution in [0.4, 0.5) is 5.69 Å². The van der Waals surface area contributed by atoms with E-state index in [0.717, 1.165) is 5.69 Å². The molecular formula is C28H28N2O5. The first-order valence-corrected chi connectivity index (χ1v) is 11.7. The van der Waals surface area contributed by atoms with E-state index in [1.54, 1.807) is 23.1 Å². The predicted octanol–water partition coefficient (Wildman–Crippen LogP) is 4.30. The number of rotatable bonds is 8. The molecule has 7 heteroatoms. The van der Waals surface area contributed by atoms with E-state index in [0.29, 0.717) is 42.8 Å². The summed E-state index contributed by atoms with van der Waals surface area (Å²) in [7, 11) is 0. The minimum absolute atomic E-state index is 0.0379. The first-order valence-electron chi connectivity index (χ1n) is 11.7. The Labute approximate surface area is 204 Å². The van der Waals surface area contributed by atoms with E-state index < -0.39 is 5.97 Å². The summed E-state index contributed by atoms with van der Waals surface area (Å²) in [6.07, 6.45) is 1.13. The molecule has 3 aromatic carbocycles. The summed E-state index contributed by atoms with van der Waals surface area (Å²) in [5.41, 5.74) is 1.81. The van der Waals surface area contributed by atoms with Gasteiger partial charge in [-0.15, -0.1) is 0 Å². The van der Waals surface area contributed by atoms with Crippen molar-refractivity contribution in [3.05, 3.63) is 96.1 Å². The number of hydrogen-bond donors (Lipinski definition) is 1. The quantitative estimate of drug-likeness (QED) is 0.494. The fourth-order valence-electron chi connectivity index (χ4n) is 3.98. The van der Waals surface area contributed by atoms with E-state index in [4.69, 9.17) is 9.47 Å². The number of hydrogen-bond acceptors (Lipinski definition) is 5. The van der Waals surface area contributed by atoms with Crippen LogP contribution in [0.2, 0.25) is 0 Å². The molecule has 35 heavy (non-hydrogen) atoms. The van der Waals surface area contributed by atoms with Crippen molar-refractivity contribution in [1.29, 1.82) is 0 Å². The van der Waals surface area contributed by atoms with Crippen molar-refractivity contribution in [2.75, 3.05) is 25.0 Å². The molecule has 4 rings (SSSR count). The van der Waals surface area contributed by atoms with Gasteiger partial charge in [-0.25, -0.2) is 4.79 Å². The molecule has 0 spiro atoms. The summed E-state index contributed by atoms with van der Waals surface area (Å²) >= 11 is 0. The van der Waals surface area contributed by atoms with Gasteiger partial charge in [-0.05, 0) is 43.2 Å². The Morgan fingerprint density at radius 2 is 1.46 bits per heavy atom. The standard InChI is InChI=1S/C28H28N2O5/c31-26(30-17-15-21(16-18-30)27(32)29-23-10-3-1-4-11-23)20-35-28(33)25-14-8-7-9-22(25)19-34-24-12-5-2-6-13-24/h1-14,21H,15-20H2,(H,29,32). The first-order chi connectivity index (χ1) is 17.1. The summed E-state index contributed by atoms with van der Waals surface area (Å²) in [4.78, 5) is 39.4. The lowest BCUT2D eigenvalue weighted by molar-refractivity contribution is -0.137. The zero-order chi connectivity index (χ0) is 24.5. The van der Waals surface area contributed by atoms with Gasteiger partial charge < -0.3 is 19.7 Å². The maximum atomic E-state index is 12.7. The molecule has 0 unspecified atom stereocenters. The second kappa shape index (κ2) is 11.8. The zero-order valence-corrected chi connectivity index (χ0v) is 19.4. The van der Waals surface area contributed by atoms with Crippen LogP contribution in [0.5, 0.6) is 5.75 Å². The van der Waals surface area contributed by atoms with Gasteiger partial charge in [0, 0.05) is 30.3 Å². The van der Waals surface area contributed by atoms with Crippen molar-refractivity contribution < 1.29 is 23.9 Å². The van der Waals surface area contributed by atoms with Crippen molar-refractivity contribution in [1.82, 2.24) is 4.90 Å². The number of benzene rings is 3. The smallest absolute Gasteiger partial charge is 0.339 e. The van der Waals surface area contributed by atoms with E-state index in [9.17, 15) is 14.4 Å². The SMILES string of the molecule is O=C(OCC(=O)N1CCC(C(=O)Nc2ccccc2)CC1)c1ccccc1COc1ccccc1. The maximum absolute atomic E-state index is 12.7. The number of ether oxygens (including phenoxy) is 2. The Bertz CT molecular complexity index is 1140. The predicted molar refractivity (Wildman–Crippen MR) is 132 cm³/mol. The Morgan fingerprint density at radius 1 is 0.829 bits per heavy atom. The van der Waals surface area contributed by atoms with Crippen molar-refractivity contribution in [3.63, 3.8) is 0 Å². The number of nitrogens with zero attached hydrogens (tertiary/aromatic N) is 1. The fourth-order valence-corrected chi connectivity index (χ4v) is 3.98. The van der Waals surface area contributed by atoms with Crippen LogP contribution in [0.25, 0.3) is 0 Å². The highest BCUT2D eigenvalue weighted by Crippen LogP contribution is 2.20. The second-order valence-electron chi connectivity index (χ2n) is 8.35. The highest BCUT2D eigenvalue weighted by atomic mass is 16.5. The molecule has 1 aliphatic heterocycles. The number of carbonyl (C=O) groups excluding carboxylic acids is 3. The molecule has 1 N–H and O–H groups in total. The summed E-state index contributed by atoms with van der Waals surface area (Å²) in [5, 5.41) is 2.92. The Morgan fingerprint density at radius 3 is 2.17 bits per heavy atom. The molecule has 0 aromatic heterocycles. The summed E-state index contributed by atoms with van der Waals surface area (Å²) in [5.74, 6) is -0.324. The Hall–Kier alpha value is -4.13. The third-order valence-corrected chi connectivity index (χ3v) is 5.96.